The average Bonchev–Trinajstić information content (AvgIpc) is 2.60. The molecule has 0 fully saturated rings. The van der Waals surface area contributed by atoms with Crippen LogP contribution in [-0.4, -0.2) is 41.8 Å². The minimum Gasteiger partial charge on any atom is -0.444 e. The van der Waals surface area contributed by atoms with Crippen LogP contribution in [0.2, 0.25) is 0 Å². The van der Waals surface area contributed by atoms with Gasteiger partial charge >= 0.3 is 6.09 Å². The lowest BCUT2D eigenvalue weighted by Crippen LogP contribution is -2.43. The number of carbonyl (C=O) groups excluding carboxylic acids is 3. The molecule has 2 rings (SSSR count). The molecular weight excluding hydrogens is 332 g/mol. The van der Waals surface area contributed by atoms with Gasteiger partial charge in [-0.2, -0.15) is 0 Å². The Morgan fingerprint density at radius 1 is 1.23 bits per heavy atom. The highest BCUT2D eigenvalue weighted by atomic mass is 16.6. The van der Waals surface area contributed by atoms with E-state index < -0.39 is 17.5 Å². The van der Waals surface area contributed by atoms with Gasteiger partial charge in [-0.15, -0.1) is 0 Å². The van der Waals surface area contributed by atoms with E-state index in [0.29, 0.717) is 30.5 Å². The third kappa shape index (κ3) is 5.18. The monoisotopic (exact) mass is 358 g/mol. The fourth-order valence-corrected chi connectivity index (χ4v) is 2.79. The molecule has 0 aromatic heterocycles. The summed E-state index contributed by atoms with van der Waals surface area (Å²) in [6.07, 6.45) is 0.276. The molecule has 1 amide bonds. The van der Waals surface area contributed by atoms with Crippen molar-refractivity contribution in [3.05, 3.63) is 47.2 Å². The second-order valence-electron chi connectivity index (χ2n) is 7.37. The molecule has 1 aliphatic rings. The summed E-state index contributed by atoms with van der Waals surface area (Å²) < 4.78 is 5.37. The number of ketones is 1. The van der Waals surface area contributed by atoms with E-state index in [1.807, 2.05) is 37.3 Å². The van der Waals surface area contributed by atoms with E-state index in [-0.39, 0.29) is 12.6 Å². The van der Waals surface area contributed by atoms with E-state index in [1.165, 1.54) is 4.90 Å². The SMILES string of the molecule is C[C@@H](NC1=C(C(=O)C=O)CN(C(=O)OC(C)(C)C)CC1)c1ccccc1. The topological polar surface area (TPSA) is 75.7 Å². The Labute approximate surface area is 154 Å². The van der Waals surface area contributed by atoms with Crippen LogP contribution in [0.5, 0.6) is 0 Å². The number of aldehydes is 1. The molecule has 0 aliphatic carbocycles. The summed E-state index contributed by atoms with van der Waals surface area (Å²) >= 11 is 0. The molecule has 0 radical (unpaired) electrons. The fraction of sp³-hybridized carbons (Fsp3) is 0.450. The largest absolute Gasteiger partial charge is 0.444 e. The van der Waals surface area contributed by atoms with E-state index >= 15 is 0 Å². The Hall–Kier alpha value is -2.63. The van der Waals surface area contributed by atoms with Crippen LogP contribution < -0.4 is 5.32 Å². The van der Waals surface area contributed by atoms with Gasteiger partial charge in [0.25, 0.3) is 0 Å². The number of benzene rings is 1. The molecule has 0 unspecified atom stereocenters. The standard InChI is InChI=1S/C20H26N2O4/c1-14(15-8-6-5-7-9-15)21-17-10-11-22(12-16(17)18(24)13-23)19(25)26-20(2,3)4/h5-9,13-14,21H,10-12H2,1-4H3/t14-/m1/s1. The highest BCUT2D eigenvalue weighted by Gasteiger charge is 2.30. The van der Waals surface area contributed by atoms with E-state index in [4.69, 9.17) is 4.74 Å². The lowest BCUT2D eigenvalue weighted by Gasteiger charge is -2.33. The Morgan fingerprint density at radius 3 is 2.46 bits per heavy atom. The number of ether oxygens (including phenoxy) is 1. The first-order valence-electron chi connectivity index (χ1n) is 8.72. The van der Waals surface area contributed by atoms with Crippen LogP contribution in [0.1, 0.15) is 45.7 Å². The Balaban J connectivity index is 2.18. The summed E-state index contributed by atoms with van der Waals surface area (Å²) in [6.45, 7) is 7.85. The maximum atomic E-state index is 12.3. The fourth-order valence-electron chi connectivity index (χ4n) is 2.79. The zero-order valence-electron chi connectivity index (χ0n) is 15.7. The van der Waals surface area contributed by atoms with Crippen molar-refractivity contribution in [2.75, 3.05) is 13.1 Å². The van der Waals surface area contributed by atoms with Crippen LogP contribution in [0.25, 0.3) is 0 Å². The van der Waals surface area contributed by atoms with Gasteiger partial charge in [0.05, 0.1) is 6.54 Å². The van der Waals surface area contributed by atoms with Crippen LogP contribution in [0.4, 0.5) is 4.79 Å². The smallest absolute Gasteiger partial charge is 0.410 e. The maximum absolute atomic E-state index is 12.3. The molecule has 1 N–H and O–H groups in total. The highest BCUT2D eigenvalue weighted by molar-refractivity contribution is 6.33. The lowest BCUT2D eigenvalue weighted by atomic mass is 10.0. The minimum absolute atomic E-state index is 0.0197. The number of rotatable bonds is 5. The average molecular weight is 358 g/mol. The third-order valence-corrected chi connectivity index (χ3v) is 4.09. The van der Waals surface area contributed by atoms with Gasteiger partial charge < -0.3 is 15.0 Å². The van der Waals surface area contributed by atoms with E-state index in [9.17, 15) is 14.4 Å². The number of nitrogens with zero attached hydrogens (tertiary/aromatic N) is 1. The van der Waals surface area contributed by atoms with Gasteiger partial charge in [-0.25, -0.2) is 4.79 Å². The molecule has 0 spiro atoms. The third-order valence-electron chi connectivity index (χ3n) is 4.09. The summed E-state index contributed by atoms with van der Waals surface area (Å²) in [7, 11) is 0. The van der Waals surface area contributed by atoms with Crippen LogP contribution >= 0.6 is 0 Å². The van der Waals surface area contributed by atoms with Crippen molar-refractivity contribution in [1.29, 1.82) is 0 Å². The quantitative estimate of drug-likeness (QED) is 0.647. The number of amides is 1. The second-order valence-corrected chi connectivity index (χ2v) is 7.37. The molecule has 6 nitrogen and oxygen atoms in total. The number of nitrogens with one attached hydrogen (secondary N) is 1. The van der Waals surface area contributed by atoms with Crippen molar-refractivity contribution in [2.45, 2.75) is 45.8 Å². The maximum Gasteiger partial charge on any atom is 0.410 e. The summed E-state index contributed by atoms with van der Waals surface area (Å²) in [5.74, 6) is -0.610. The molecule has 26 heavy (non-hydrogen) atoms. The molecule has 0 saturated carbocycles. The van der Waals surface area contributed by atoms with Crippen LogP contribution in [0.15, 0.2) is 41.6 Å². The van der Waals surface area contributed by atoms with Gasteiger partial charge in [0.15, 0.2) is 6.29 Å². The summed E-state index contributed by atoms with van der Waals surface area (Å²) in [6, 6.07) is 9.81. The van der Waals surface area contributed by atoms with Gasteiger partial charge in [0.2, 0.25) is 5.78 Å². The number of hydrogen-bond donors (Lipinski definition) is 1. The summed E-state index contributed by atoms with van der Waals surface area (Å²) in [5.41, 5.74) is 1.49. The Kier molecular flexibility index (Phi) is 6.18. The van der Waals surface area contributed by atoms with Gasteiger partial charge in [-0.3, -0.25) is 9.59 Å². The van der Waals surface area contributed by atoms with Crippen molar-refractivity contribution in [1.82, 2.24) is 10.2 Å². The number of Topliss-reactive ketones (excluding diaryl/α,β-unsaturated/α-hetero) is 1. The van der Waals surface area contributed by atoms with E-state index in [0.717, 1.165) is 5.56 Å². The normalized spacial score (nSPS) is 16.1. The molecule has 1 atom stereocenters. The summed E-state index contributed by atoms with van der Waals surface area (Å²) in [4.78, 5) is 36.9. The van der Waals surface area contributed by atoms with Crippen LogP contribution in [0, 0.1) is 0 Å². The Morgan fingerprint density at radius 2 is 1.88 bits per heavy atom. The predicted octanol–water partition coefficient (Wildman–Crippen LogP) is 3.00. The van der Waals surface area contributed by atoms with Crippen molar-refractivity contribution >= 4 is 18.2 Å². The van der Waals surface area contributed by atoms with Crippen LogP contribution in [-0.2, 0) is 14.3 Å². The molecule has 0 saturated heterocycles. The Bertz CT molecular complexity index is 704. The van der Waals surface area contributed by atoms with Crippen molar-refractivity contribution in [2.24, 2.45) is 0 Å². The number of carbonyl (C=O) groups is 3. The van der Waals surface area contributed by atoms with Crippen molar-refractivity contribution < 1.29 is 19.1 Å². The second kappa shape index (κ2) is 8.17. The number of hydrogen-bond acceptors (Lipinski definition) is 5. The lowest BCUT2D eigenvalue weighted by molar-refractivity contribution is -0.127. The van der Waals surface area contributed by atoms with Crippen molar-refractivity contribution in [3.63, 3.8) is 0 Å². The summed E-state index contributed by atoms with van der Waals surface area (Å²) in [5, 5.41) is 3.33. The molecular formula is C20H26N2O4. The van der Waals surface area contributed by atoms with E-state index in [2.05, 4.69) is 5.32 Å². The van der Waals surface area contributed by atoms with Gasteiger partial charge in [-0.05, 0) is 33.3 Å². The zero-order valence-corrected chi connectivity index (χ0v) is 15.7. The first kappa shape index (κ1) is 19.7. The molecule has 140 valence electrons. The molecule has 1 aromatic rings. The van der Waals surface area contributed by atoms with Crippen molar-refractivity contribution in [3.8, 4) is 0 Å². The zero-order chi connectivity index (χ0) is 19.3. The van der Waals surface area contributed by atoms with Crippen LogP contribution in [0.3, 0.4) is 0 Å². The first-order valence-corrected chi connectivity index (χ1v) is 8.72. The van der Waals surface area contributed by atoms with E-state index in [1.54, 1.807) is 20.8 Å². The molecule has 1 aromatic carbocycles. The highest BCUT2D eigenvalue weighted by Crippen LogP contribution is 2.22. The molecule has 1 heterocycles. The molecule has 0 bridgehead atoms. The molecule has 1 aliphatic heterocycles. The van der Waals surface area contributed by atoms with Gasteiger partial charge in [0.1, 0.15) is 5.60 Å². The predicted molar refractivity (Wildman–Crippen MR) is 98.5 cm³/mol. The first-order chi connectivity index (χ1) is 12.2. The molecule has 6 heteroatoms. The minimum atomic E-state index is -0.615. The van der Waals surface area contributed by atoms with Gasteiger partial charge in [-0.1, -0.05) is 30.3 Å². The van der Waals surface area contributed by atoms with Gasteiger partial charge in [0, 0.05) is 30.3 Å².